The number of nitrogens with one attached hydrogen (secondary N) is 1. The van der Waals surface area contributed by atoms with E-state index in [1.165, 1.54) is 0 Å². The first-order valence-corrected chi connectivity index (χ1v) is 6.79. The highest BCUT2D eigenvalue weighted by atomic mass is 32.2. The molecule has 2 unspecified atom stereocenters. The Labute approximate surface area is 99.3 Å². The summed E-state index contributed by atoms with van der Waals surface area (Å²) in [6.07, 6.45) is -0.554. The molecule has 0 amide bonds. The molecule has 0 saturated carbocycles. The van der Waals surface area contributed by atoms with Crippen molar-refractivity contribution in [3.05, 3.63) is 29.8 Å². The summed E-state index contributed by atoms with van der Waals surface area (Å²) in [6, 6.07) is 7.57. The minimum Gasteiger partial charge on any atom is -0.391 e. The highest BCUT2D eigenvalue weighted by Gasteiger charge is 2.10. The van der Waals surface area contributed by atoms with Crippen LogP contribution in [0.1, 0.15) is 12.5 Å². The molecule has 2 atom stereocenters. The Morgan fingerprint density at radius 2 is 2.00 bits per heavy atom. The molecule has 0 aliphatic heterocycles. The standard InChI is InChI=1S/C12H19NO2S/c1-3-13-8-11(14)9-16(15)12-6-4-10(2)5-7-12/h4-7,11,13-14H,3,8-9H2,1-2H3. The molecule has 4 heteroatoms. The van der Waals surface area contributed by atoms with E-state index in [2.05, 4.69) is 5.32 Å². The first-order valence-electron chi connectivity index (χ1n) is 5.47. The number of aliphatic hydroxyl groups is 1. The highest BCUT2D eigenvalue weighted by molar-refractivity contribution is 7.85. The van der Waals surface area contributed by atoms with Gasteiger partial charge in [-0.2, -0.15) is 0 Å². The Kier molecular flexibility index (Phi) is 5.66. The van der Waals surface area contributed by atoms with Gasteiger partial charge in [-0.15, -0.1) is 0 Å². The van der Waals surface area contributed by atoms with E-state index in [1.54, 1.807) is 0 Å². The number of hydrogen-bond donors (Lipinski definition) is 2. The zero-order chi connectivity index (χ0) is 12.0. The molecule has 0 radical (unpaired) electrons. The van der Waals surface area contributed by atoms with Gasteiger partial charge in [0.2, 0.25) is 0 Å². The largest absolute Gasteiger partial charge is 0.391 e. The Balaban J connectivity index is 2.48. The number of benzene rings is 1. The molecule has 1 aromatic carbocycles. The van der Waals surface area contributed by atoms with Crippen LogP contribution in [-0.2, 0) is 10.8 Å². The minimum absolute atomic E-state index is 0.288. The molecular weight excluding hydrogens is 222 g/mol. The van der Waals surface area contributed by atoms with Gasteiger partial charge in [-0.1, -0.05) is 24.6 Å². The van der Waals surface area contributed by atoms with Gasteiger partial charge < -0.3 is 10.4 Å². The summed E-state index contributed by atoms with van der Waals surface area (Å²) < 4.78 is 11.9. The van der Waals surface area contributed by atoms with Gasteiger partial charge >= 0.3 is 0 Å². The maximum atomic E-state index is 11.9. The van der Waals surface area contributed by atoms with Crippen molar-refractivity contribution < 1.29 is 9.32 Å². The van der Waals surface area contributed by atoms with Crippen LogP contribution in [0.4, 0.5) is 0 Å². The van der Waals surface area contributed by atoms with Crippen molar-refractivity contribution in [2.45, 2.75) is 24.8 Å². The maximum absolute atomic E-state index is 11.9. The first-order chi connectivity index (χ1) is 7.63. The number of likely N-dealkylation sites (N-methyl/N-ethyl adjacent to an activating group) is 1. The fraction of sp³-hybridized carbons (Fsp3) is 0.500. The van der Waals surface area contributed by atoms with Crippen molar-refractivity contribution in [2.24, 2.45) is 0 Å². The SMILES string of the molecule is CCNCC(O)CS(=O)c1ccc(C)cc1. The van der Waals surface area contributed by atoms with E-state index in [1.807, 2.05) is 38.1 Å². The lowest BCUT2D eigenvalue weighted by molar-refractivity contribution is 0.195. The van der Waals surface area contributed by atoms with Crippen LogP contribution in [0.15, 0.2) is 29.2 Å². The Morgan fingerprint density at radius 1 is 1.38 bits per heavy atom. The van der Waals surface area contributed by atoms with E-state index in [0.717, 1.165) is 17.0 Å². The number of aryl methyl sites for hydroxylation is 1. The van der Waals surface area contributed by atoms with Crippen LogP contribution < -0.4 is 5.32 Å². The van der Waals surface area contributed by atoms with Gasteiger partial charge in [0.25, 0.3) is 0 Å². The van der Waals surface area contributed by atoms with Crippen LogP contribution in [-0.4, -0.2) is 34.3 Å². The lowest BCUT2D eigenvalue weighted by Crippen LogP contribution is -2.30. The van der Waals surface area contributed by atoms with Crippen LogP contribution >= 0.6 is 0 Å². The zero-order valence-electron chi connectivity index (χ0n) is 9.77. The molecule has 0 heterocycles. The third-order valence-electron chi connectivity index (χ3n) is 2.26. The highest BCUT2D eigenvalue weighted by Crippen LogP contribution is 2.09. The molecule has 3 nitrogen and oxygen atoms in total. The molecule has 16 heavy (non-hydrogen) atoms. The summed E-state index contributed by atoms with van der Waals surface area (Å²) >= 11 is 0. The summed E-state index contributed by atoms with van der Waals surface area (Å²) in [5, 5.41) is 12.6. The molecule has 0 saturated heterocycles. The van der Waals surface area contributed by atoms with Gasteiger partial charge in [-0.3, -0.25) is 4.21 Å². The zero-order valence-corrected chi connectivity index (χ0v) is 10.6. The first kappa shape index (κ1) is 13.4. The molecule has 0 bridgehead atoms. The van der Waals surface area contributed by atoms with Crippen molar-refractivity contribution >= 4 is 10.8 Å². The predicted octanol–water partition coefficient (Wildman–Crippen LogP) is 1.07. The van der Waals surface area contributed by atoms with Crippen molar-refractivity contribution in [1.82, 2.24) is 5.32 Å². The lowest BCUT2D eigenvalue weighted by atomic mass is 10.2. The molecule has 1 aromatic rings. The second-order valence-electron chi connectivity index (χ2n) is 3.79. The summed E-state index contributed by atoms with van der Waals surface area (Å²) in [5.41, 5.74) is 1.15. The second kappa shape index (κ2) is 6.78. The van der Waals surface area contributed by atoms with E-state index in [9.17, 15) is 9.32 Å². The Bertz CT molecular complexity index is 337. The predicted molar refractivity (Wildman–Crippen MR) is 67.0 cm³/mol. The van der Waals surface area contributed by atoms with Gasteiger partial charge in [0.15, 0.2) is 0 Å². The molecule has 0 spiro atoms. The number of rotatable bonds is 6. The van der Waals surface area contributed by atoms with E-state index >= 15 is 0 Å². The summed E-state index contributed by atoms with van der Waals surface area (Å²) in [7, 11) is -1.12. The molecular formula is C12H19NO2S. The van der Waals surface area contributed by atoms with E-state index in [-0.39, 0.29) is 5.75 Å². The topological polar surface area (TPSA) is 49.3 Å². The Morgan fingerprint density at radius 3 is 2.56 bits per heavy atom. The third kappa shape index (κ3) is 4.43. The van der Waals surface area contributed by atoms with E-state index in [4.69, 9.17) is 0 Å². The van der Waals surface area contributed by atoms with Gasteiger partial charge in [-0.05, 0) is 25.6 Å². The normalized spacial score (nSPS) is 14.7. The van der Waals surface area contributed by atoms with Crippen molar-refractivity contribution in [1.29, 1.82) is 0 Å². The fourth-order valence-electron chi connectivity index (χ4n) is 1.33. The average molecular weight is 241 g/mol. The molecule has 0 fully saturated rings. The Hall–Kier alpha value is -0.710. The fourth-order valence-corrected chi connectivity index (χ4v) is 2.43. The molecule has 0 aliphatic carbocycles. The van der Waals surface area contributed by atoms with Crippen LogP contribution in [0.2, 0.25) is 0 Å². The number of hydrogen-bond acceptors (Lipinski definition) is 3. The monoisotopic (exact) mass is 241 g/mol. The van der Waals surface area contributed by atoms with Crippen LogP contribution in [0.3, 0.4) is 0 Å². The second-order valence-corrected chi connectivity index (χ2v) is 5.28. The maximum Gasteiger partial charge on any atom is 0.0783 e. The average Bonchev–Trinajstić information content (AvgIpc) is 2.27. The summed E-state index contributed by atoms with van der Waals surface area (Å²) in [6.45, 7) is 5.28. The molecule has 2 N–H and O–H groups in total. The van der Waals surface area contributed by atoms with Gasteiger partial charge in [-0.25, -0.2) is 0 Å². The van der Waals surface area contributed by atoms with Gasteiger partial charge in [0, 0.05) is 11.4 Å². The van der Waals surface area contributed by atoms with Crippen LogP contribution in [0.5, 0.6) is 0 Å². The summed E-state index contributed by atoms with van der Waals surface area (Å²) in [5.74, 6) is 0.288. The van der Waals surface area contributed by atoms with Crippen LogP contribution in [0, 0.1) is 6.92 Å². The molecule has 1 rings (SSSR count). The molecule has 0 aliphatic rings. The van der Waals surface area contributed by atoms with Crippen molar-refractivity contribution in [3.63, 3.8) is 0 Å². The summed E-state index contributed by atoms with van der Waals surface area (Å²) in [4.78, 5) is 0.779. The van der Waals surface area contributed by atoms with Crippen molar-refractivity contribution in [3.8, 4) is 0 Å². The third-order valence-corrected chi connectivity index (χ3v) is 3.74. The molecule has 90 valence electrons. The van der Waals surface area contributed by atoms with Gasteiger partial charge in [0.05, 0.1) is 22.7 Å². The quantitative estimate of drug-likeness (QED) is 0.783. The van der Waals surface area contributed by atoms with Crippen molar-refractivity contribution in [2.75, 3.05) is 18.8 Å². The van der Waals surface area contributed by atoms with Gasteiger partial charge in [0.1, 0.15) is 0 Å². The number of aliphatic hydroxyl groups excluding tert-OH is 1. The van der Waals surface area contributed by atoms with E-state index in [0.29, 0.717) is 6.54 Å². The molecule has 0 aromatic heterocycles. The smallest absolute Gasteiger partial charge is 0.0783 e. The lowest BCUT2D eigenvalue weighted by Gasteiger charge is -2.10. The minimum atomic E-state index is -1.12. The van der Waals surface area contributed by atoms with E-state index < -0.39 is 16.9 Å². The van der Waals surface area contributed by atoms with Crippen LogP contribution in [0.25, 0.3) is 0 Å².